The van der Waals surface area contributed by atoms with Crippen molar-refractivity contribution < 1.29 is 19.1 Å². The number of halogens is 1. The molecule has 1 heterocycles. The molecule has 3 aromatic carbocycles. The molecular formula is C26H23ClN2O4. The summed E-state index contributed by atoms with van der Waals surface area (Å²) in [7, 11) is 1.54. The van der Waals surface area contributed by atoms with Crippen LogP contribution >= 0.6 is 11.6 Å². The highest BCUT2D eigenvalue weighted by Crippen LogP contribution is 2.30. The minimum Gasteiger partial charge on any atom is -0.493 e. The Labute approximate surface area is 197 Å². The quantitative estimate of drug-likeness (QED) is 0.398. The lowest BCUT2D eigenvalue weighted by atomic mass is 10.1. The maximum absolute atomic E-state index is 12.9. The highest BCUT2D eigenvalue weighted by atomic mass is 35.5. The number of ether oxygens (including phenoxy) is 2. The molecule has 0 radical (unpaired) electrons. The van der Waals surface area contributed by atoms with Crippen LogP contribution in [0.5, 0.6) is 11.5 Å². The zero-order valence-corrected chi connectivity index (χ0v) is 19.1. The standard InChI is InChI=1S/C26H23ClN2O4/c1-3-17-6-11-21(12-7-17)29-26(31)22(25(30)28-29)14-19-8-13-23(24(15-19)32-2)33-16-18-4-9-20(27)10-5-18/h4-15H,3,16H2,1-2H3,(H,28,30)/b22-14+. The molecule has 1 fully saturated rings. The molecule has 7 heteroatoms. The summed E-state index contributed by atoms with van der Waals surface area (Å²) < 4.78 is 11.3. The van der Waals surface area contributed by atoms with Crippen molar-refractivity contribution in [3.63, 3.8) is 0 Å². The fraction of sp³-hybridized carbons (Fsp3) is 0.154. The lowest BCUT2D eigenvalue weighted by Crippen LogP contribution is -2.35. The van der Waals surface area contributed by atoms with Crippen molar-refractivity contribution in [2.45, 2.75) is 20.0 Å². The van der Waals surface area contributed by atoms with Gasteiger partial charge in [0.1, 0.15) is 12.2 Å². The van der Waals surface area contributed by atoms with Gasteiger partial charge in [-0.2, -0.15) is 0 Å². The summed E-state index contributed by atoms with van der Waals surface area (Å²) in [4.78, 5) is 25.4. The third-order valence-electron chi connectivity index (χ3n) is 5.30. The van der Waals surface area contributed by atoms with Crippen LogP contribution in [0.2, 0.25) is 5.02 Å². The average Bonchev–Trinajstić information content (AvgIpc) is 3.12. The summed E-state index contributed by atoms with van der Waals surface area (Å²) in [5.41, 5.74) is 6.04. The third-order valence-corrected chi connectivity index (χ3v) is 5.55. The number of nitrogens with one attached hydrogen (secondary N) is 1. The van der Waals surface area contributed by atoms with E-state index in [-0.39, 0.29) is 5.57 Å². The lowest BCUT2D eigenvalue weighted by molar-refractivity contribution is -0.117. The van der Waals surface area contributed by atoms with Gasteiger partial charge in [-0.25, -0.2) is 5.01 Å². The number of hydrazine groups is 1. The van der Waals surface area contributed by atoms with Crippen molar-refractivity contribution in [2.24, 2.45) is 0 Å². The first kappa shape index (κ1) is 22.4. The van der Waals surface area contributed by atoms with Crippen LogP contribution in [-0.2, 0) is 22.6 Å². The molecule has 3 aromatic rings. The first-order valence-corrected chi connectivity index (χ1v) is 10.9. The van der Waals surface area contributed by atoms with Gasteiger partial charge in [0.05, 0.1) is 12.8 Å². The summed E-state index contributed by atoms with van der Waals surface area (Å²) in [6.45, 7) is 2.40. The van der Waals surface area contributed by atoms with Crippen molar-refractivity contribution in [1.29, 1.82) is 0 Å². The monoisotopic (exact) mass is 462 g/mol. The second-order valence-corrected chi connectivity index (χ2v) is 7.92. The Bertz CT molecular complexity index is 1200. The van der Waals surface area contributed by atoms with Crippen molar-refractivity contribution in [2.75, 3.05) is 12.1 Å². The number of hydrogen-bond acceptors (Lipinski definition) is 4. The number of rotatable bonds is 7. The van der Waals surface area contributed by atoms with E-state index >= 15 is 0 Å². The van der Waals surface area contributed by atoms with Crippen molar-refractivity contribution in [1.82, 2.24) is 5.43 Å². The molecule has 1 saturated heterocycles. The van der Waals surface area contributed by atoms with Crippen LogP contribution in [0.1, 0.15) is 23.6 Å². The first-order valence-electron chi connectivity index (χ1n) is 10.5. The number of benzene rings is 3. The van der Waals surface area contributed by atoms with Gasteiger partial charge in [-0.3, -0.25) is 15.0 Å². The molecule has 0 aliphatic carbocycles. The Morgan fingerprint density at radius 3 is 2.30 bits per heavy atom. The number of carbonyl (C=O) groups excluding carboxylic acids is 2. The van der Waals surface area contributed by atoms with Crippen LogP contribution in [0.25, 0.3) is 6.08 Å². The SMILES string of the molecule is CCc1ccc(N2NC(=O)/C(=C\c3ccc(OCc4ccc(Cl)cc4)c(OC)c3)C2=O)cc1. The van der Waals surface area contributed by atoms with Crippen molar-refractivity contribution >= 4 is 35.2 Å². The number of amides is 2. The van der Waals surface area contributed by atoms with Crippen LogP contribution in [0, 0.1) is 0 Å². The smallest absolute Gasteiger partial charge is 0.282 e. The molecular weight excluding hydrogens is 440 g/mol. The van der Waals surface area contributed by atoms with E-state index in [4.69, 9.17) is 21.1 Å². The molecule has 1 aliphatic rings. The summed E-state index contributed by atoms with van der Waals surface area (Å²) in [6, 6.07) is 20.1. The second-order valence-electron chi connectivity index (χ2n) is 7.48. The van der Waals surface area contributed by atoms with Crippen molar-refractivity contribution in [3.8, 4) is 11.5 Å². The number of aryl methyl sites for hydroxylation is 1. The van der Waals surface area contributed by atoms with E-state index in [0.717, 1.165) is 17.5 Å². The lowest BCUT2D eigenvalue weighted by Gasteiger charge is -2.14. The van der Waals surface area contributed by atoms with E-state index in [1.807, 2.05) is 36.4 Å². The van der Waals surface area contributed by atoms with Crippen LogP contribution in [0.3, 0.4) is 0 Å². The molecule has 4 rings (SSSR count). The minimum atomic E-state index is -0.457. The van der Waals surface area contributed by atoms with Gasteiger partial charge in [0.15, 0.2) is 11.5 Å². The topological polar surface area (TPSA) is 67.9 Å². The van der Waals surface area contributed by atoms with Gasteiger partial charge in [0, 0.05) is 5.02 Å². The molecule has 168 valence electrons. The van der Waals surface area contributed by atoms with Crippen LogP contribution < -0.4 is 19.9 Å². The van der Waals surface area contributed by atoms with Crippen LogP contribution in [-0.4, -0.2) is 18.9 Å². The van der Waals surface area contributed by atoms with E-state index in [1.54, 1.807) is 36.4 Å². The molecule has 0 aromatic heterocycles. The van der Waals surface area contributed by atoms with Crippen LogP contribution in [0.15, 0.2) is 72.3 Å². The Hall–Kier alpha value is -3.77. The third kappa shape index (κ3) is 5.02. The highest BCUT2D eigenvalue weighted by Gasteiger charge is 2.34. The normalized spacial score (nSPS) is 14.5. The molecule has 0 saturated carbocycles. The Balaban J connectivity index is 1.52. The van der Waals surface area contributed by atoms with E-state index in [1.165, 1.54) is 12.1 Å². The molecule has 33 heavy (non-hydrogen) atoms. The number of nitrogens with zero attached hydrogens (tertiary/aromatic N) is 1. The fourth-order valence-electron chi connectivity index (χ4n) is 3.42. The van der Waals surface area contributed by atoms with Crippen LogP contribution in [0.4, 0.5) is 5.69 Å². The Kier molecular flexibility index (Phi) is 6.66. The van der Waals surface area contributed by atoms with Gasteiger partial charge in [0.25, 0.3) is 11.8 Å². The van der Waals surface area contributed by atoms with E-state index in [9.17, 15) is 9.59 Å². The molecule has 2 amide bonds. The molecule has 1 aliphatic heterocycles. The largest absolute Gasteiger partial charge is 0.493 e. The molecule has 1 N–H and O–H groups in total. The predicted octanol–water partition coefficient (Wildman–Crippen LogP) is 4.95. The summed E-state index contributed by atoms with van der Waals surface area (Å²) in [6.07, 6.45) is 2.44. The fourth-order valence-corrected chi connectivity index (χ4v) is 3.55. The van der Waals surface area contributed by atoms with Gasteiger partial charge in [-0.1, -0.05) is 48.9 Å². The van der Waals surface area contributed by atoms with Gasteiger partial charge in [-0.15, -0.1) is 0 Å². The predicted molar refractivity (Wildman–Crippen MR) is 128 cm³/mol. The molecule has 0 atom stereocenters. The molecule has 0 spiro atoms. The minimum absolute atomic E-state index is 0.0476. The van der Waals surface area contributed by atoms with E-state index in [0.29, 0.717) is 34.4 Å². The average molecular weight is 463 g/mol. The van der Waals surface area contributed by atoms with Gasteiger partial charge < -0.3 is 9.47 Å². The zero-order chi connectivity index (χ0) is 23.4. The number of anilines is 1. The maximum Gasteiger partial charge on any atom is 0.282 e. The Morgan fingerprint density at radius 2 is 1.64 bits per heavy atom. The van der Waals surface area contributed by atoms with Gasteiger partial charge in [-0.05, 0) is 65.6 Å². The summed E-state index contributed by atoms with van der Waals surface area (Å²) in [5.74, 6) is 0.179. The first-order chi connectivity index (χ1) is 16.0. The van der Waals surface area contributed by atoms with Gasteiger partial charge in [0.2, 0.25) is 0 Å². The Morgan fingerprint density at radius 1 is 0.939 bits per heavy atom. The second kappa shape index (κ2) is 9.79. The van der Waals surface area contributed by atoms with E-state index in [2.05, 4.69) is 12.3 Å². The summed E-state index contributed by atoms with van der Waals surface area (Å²) in [5, 5.41) is 1.92. The highest BCUT2D eigenvalue weighted by molar-refractivity contribution is 6.31. The number of hydrogen-bond donors (Lipinski definition) is 1. The van der Waals surface area contributed by atoms with Gasteiger partial charge >= 0.3 is 0 Å². The number of carbonyl (C=O) groups is 2. The molecule has 0 unspecified atom stereocenters. The molecule has 0 bridgehead atoms. The van der Waals surface area contributed by atoms with Crippen molar-refractivity contribution in [3.05, 3.63) is 94.0 Å². The zero-order valence-electron chi connectivity index (χ0n) is 18.3. The molecule has 6 nitrogen and oxygen atoms in total. The number of methoxy groups -OCH3 is 1. The van der Waals surface area contributed by atoms with E-state index < -0.39 is 11.8 Å². The summed E-state index contributed by atoms with van der Waals surface area (Å²) >= 11 is 5.92. The maximum atomic E-state index is 12.9.